The van der Waals surface area contributed by atoms with Crippen molar-refractivity contribution < 1.29 is 18.1 Å². The van der Waals surface area contributed by atoms with Gasteiger partial charge in [0.2, 0.25) is 10.0 Å². The molecule has 1 saturated heterocycles. The number of sulfonamides is 1. The van der Waals surface area contributed by atoms with Crippen molar-refractivity contribution in [3.05, 3.63) is 65.7 Å². The molecule has 0 spiro atoms. The zero-order chi connectivity index (χ0) is 21.6. The van der Waals surface area contributed by atoms with E-state index in [0.29, 0.717) is 37.6 Å². The Labute approximate surface area is 179 Å². The minimum Gasteiger partial charge on any atom is -0.347 e. The highest BCUT2D eigenvalue weighted by atomic mass is 32.2. The Morgan fingerprint density at radius 2 is 1.67 bits per heavy atom. The number of rotatable bonds is 8. The molecule has 2 aromatic rings. The van der Waals surface area contributed by atoms with E-state index in [1.165, 1.54) is 0 Å². The number of carbonyl (C=O) groups is 1. The van der Waals surface area contributed by atoms with Gasteiger partial charge in [-0.3, -0.25) is 4.79 Å². The third-order valence-electron chi connectivity index (χ3n) is 5.78. The molecular formula is C23H32N3O3S+. The van der Waals surface area contributed by atoms with Gasteiger partial charge in [0.05, 0.1) is 31.1 Å². The van der Waals surface area contributed by atoms with Gasteiger partial charge in [0.25, 0.3) is 5.91 Å². The van der Waals surface area contributed by atoms with Crippen LogP contribution < -0.4 is 10.2 Å². The van der Waals surface area contributed by atoms with Crippen LogP contribution in [0.2, 0.25) is 0 Å². The van der Waals surface area contributed by atoms with Gasteiger partial charge in [-0.1, -0.05) is 55.8 Å². The van der Waals surface area contributed by atoms with Crippen LogP contribution in [-0.4, -0.2) is 50.9 Å². The highest BCUT2D eigenvalue weighted by Gasteiger charge is 2.34. The number of amides is 1. The highest BCUT2D eigenvalue weighted by molar-refractivity contribution is 7.89. The van der Waals surface area contributed by atoms with Crippen molar-refractivity contribution in [3.8, 4) is 0 Å². The number of quaternary nitrogens is 1. The van der Waals surface area contributed by atoms with Crippen LogP contribution >= 0.6 is 0 Å². The molecule has 0 bridgehead atoms. The Kier molecular flexibility index (Phi) is 7.64. The third-order valence-corrected chi connectivity index (χ3v) is 7.69. The summed E-state index contributed by atoms with van der Waals surface area (Å²) >= 11 is 0. The number of aryl methyl sites for hydroxylation is 1. The van der Waals surface area contributed by atoms with Crippen molar-refractivity contribution in [2.75, 3.05) is 26.2 Å². The van der Waals surface area contributed by atoms with Gasteiger partial charge in [0, 0.05) is 6.54 Å². The van der Waals surface area contributed by atoms with Gasteiger partial charge in [-0.25, -0.2) is 8.42 Å². The summed E-state index contributed by atoms with van der Waals surface area (Å²) in [6.45, 7) is 6.60. The Hall–Kier alpha value is -2.22. The number of carbonyl (C=O) groups excluding carboxylic acids is 1. The van der Waals surface area contributed by atoms with E-state index in [-0.39, 0.29) is 11.9 Å². The topological polar surface area (TPSA) is 70.9 Å². The van der Waals surface area contributed by atoms with Gasteiger partial charge in [0.15, 0.2) is 6.04 Å². The maximum Gasteiger partial charge on any atom is 0.278 e. The standard InChI is InChI=1S/C23H31N3O3S/c1-3-7-20-10-12-22(13-11-20)30(28,29)26-16-14-25(15-17-26)19(2)23(27)24-18-21-8-5-4-6-9-21/h4-6,8-13,19H,3,7,14-18H2,1-2H3,(H,24,27)/p+1/t19-/m0/s1. The third kappa shape index (κ3) is 5.47. The lowest BCUT2D eigenvalue weighted by Gasteiger charge is -2.34. The fourth-order valence-corrected chi connectivity index (χ4v) is 5.28. The van der Waals surface area contributed by atoms with E-state index in [4.69, 9.17) is 0 Å². The van der Waals surface area contributed by atoms with E-state index in [9.17, 15) is 13.2 Å². The number of piperazine rings is 1. The minimum atomic E-state index is -3.49. The number of hydrogen-bond acceptors (Lipinski definition) is 3. The molecule has 2 N–H and O–H groups in total. The van der Waals surface area contributed by atoms with Crippen LogP contribution in [0.25, 0.3) is 0 Å². The van der Waals surface area contributed by atoms with Crippen LogP contribution in [0.15, 0.2) is 59.5 Å². The van der Waals surface area contributed by atoms with E-state index in [1.54, 1.807) is 16.4 Å². The molecule has 0 saturated carbocycles. The average molecular weight is 431 g/mol. The molecule has 3 rings (SSSR count). The fourth-order valence-electron chi connectivity index (χ4n) is 3.84. The second-order valence-electron chi connectivity index (χ2n) is 7.88. The predicted octanol–water partition coefficient (Wildman–Crippen LogP) is 1.23. The second kappa shape index (κ2) is 10.2. The average Bonchev–Trinajstić information content (AvgIpc) is 2.78. The zero-order valence-electron chi connectivity index (χ0n) is 17.8. The SMILES string of the molecule is CCCc1ccc(S(=O)(=O)N2CC[NH+]([C@@H](C)C(=O)NCc3ccccc3)CC2)cc1. The summed E-state index contributed by atoms with van der Waals surface area (Å²) in [5, 5.41) is 2.99. The summed E-state index contributed by atoms with van der Waals surface area (Å²) < 4.78 is 27.5. The minimum absolute atomic E-state index is 0.00308. The number of benzene rings is 2. The van der Waals surface area contributed by atoms with Crippen LogP contribution in [0.1, 0.15) is 31.4 Å². The van der Waals surface area contributed by atoms with Crippen LogP contribution in [0.3, 0.4) is 0 Å². The van der Waals surface area contributed by atoms with E-state index in [1.807, 2.05) is 49.4 Å². The van der Waals surface area contributed by atoms with Crippen LogP contribution in [0.5, 0.6) is 0 Å². The first-order valence-corrected chi connectivity index (χ1v) is 12.1. The molecule has 6 nitrogen and oxygen atoms in total. The molecule has 2 aromatic carbocycles. The molecule has 1 aliphatic heterocycles. The quantitative estimate of drug-likeness (QED) is 0.662. The lowest BCUT2D eigenvalue weighted by molar-refractivity contribution is -0.917. The van der Waals surface area contributed by atoms with Crippen molar-refractivity contribution >= 4 is 15.9 Å². The molecule has 0 unspecified atom stereocenters. The van der Waals surface area contributed by atoms with E-state index < -0.39 is 10.0 Å². The van der Waals surface area contributed by atoms with Crippen molar-refractivity contribution in [1.29, 1.82) is 0 Å². The van der Waals surface area contributed by atoms with Gasteiger partial charge < -0.3 is 10.2 Å². The Bertz CT molecular complexity index is 922. The van der Waals surface area contributed by atoms with Gasteiger partial charge in [-0.15, -0.1) is 0 Å². The summed E-state index contributed by atoms with van der Waals surface area (Å²) in [6.07, 6.45) is 1.99. The molecule has 0 aromatic heterocycles. The molecular weight excluding hydrogens is 398 g/mol. The second-order valence-corrected chi connectivity index (χ2v) is 9.82. The van der Waals surface area contributed by atoms with Crippen LogP contribution in [0.4, 0.5) is 0 Å². The maximum atomic E-state index is 13.0. The monoisotopic (exact) mass is 430 g/mol. The Morgan fingerprint density at radius 1 is 1.03 bits per heavy atom. The predicted molar refractivity (Wildman–Crippen MR) is 118 cm³/mol. The first-order chi connectivity index (χ1) is 14.4. The highest BCUT2D eigenvalue weighted by Crippen LogP contribution is 2.17. The number of hydrogen-bond donors (Lipinski definition) is 2. The summed E-state index contributed by atoms with van der Waals surface area (Å²) in [7, 11) is -3.49. The lowest BCUT2D eigenvalue weighted by Crippen LogP contribution is -3.19. The maximum absolute atomic E-state index is 13.0. The van der Waals surface area contributed by atoms with Crippen LogP contribution in [0, 0.1) is 0 Å². The van der Waals surface area contributed by atoms with Crippen LogP contribution in [-0.2, 0) is 27.8 Å². The molecule has 0 aliphatic carbocycles. The molecule has 162 valence electrons. The summed E-state index contributed by atoms with van der Waals surface area (Å²) in [6, 6.07) is 16.8. The van der Waals surface area contributed by atoms with Crippen molar-refractivity contribution in [2.45, 2.75) is 44.2 Å². The Morgan fingerprint density at radius 3 is 2.27 bits per heavy atom. The molecule has 0 radical (unpaired) electrons. The van der Waals surface area contributed by atoms with Crippen molar-refractivity contribution in [2.24, 2.45) is 0 Å². The van der Waals surface area contributed by atoms with Gasteiger partial charge in [0.1, 0.15) is 0 Å². The van der Waals surface area contributed by atoms with Gasteiger partial charge >= 0.3 is 0 Å². The first-order valence-electron chi connectivity index (χ1n) is 10.7. The smallest absolute Gasteiger partial charge is 0.278 e. The molecule has 1 amide bonds. The normalized spacial score (nSPS) is 16.9. The molecule has 1 heterocycles. The van der Waals surface area contributed by atoms with E-state index >= 15 is 0 Å². The largest absolute Gasteiger partial charge is 0.347 e. The Balaban J connectivity index is 1.53. The fraction of sp³-hybridized carbons (Fsp3) is 0.435. The van der Waals surface area contributed by atoms with Gasteiger partial charge in [-0.2, -0.15) is 4.31 Å². The van der Waals surface area contributed by atoms with Crippen molar-refractivity contribution in [1.82, 2.24) is 9.62 Å². The van der Waals surface area contributed by atoms with E-state index in [2.05, 4.69) is 12.2 Å². The van der Waals surface area contributed by atoms with Crippen molar-refractivity contribution in [3.63, 3.8) is 0 Å². The molecule has 1 aliphatic rings. The number of nitrogens with one attached hydrogen (secondary N) is 2. The summed E-state index contributed by atoms with van der Waals surface area (Å²) in [4.78, 5) is 14.0. The molecule has 1 atom stereocenters. The lowest BCUT2D eigenvalue weighted by atomic mass is 10.1. The first kappa shape index (κ1) is 22.5. The molecule has 7 heteroatoms. The number of nitrogens with zero attached hydrogens (tertiary/aromatic N) is 1. The van der Waals surface area contributed by atoms with E-state index in [0.717, 1.165) is 28.9 Å². The summed E-state index contributed by atoms with van der Waals surface area (Å²) in [5.74, 6) is -0.00308. The zero-order valence-corrected chi connectivity index (χ0v) is 18.6. The summed E-state index contributed by atoms with van der Waals surface area (Å²) in [5.41, 5.74) is 2.22. The molecule has 30 heavy (non-hydrogen) atoms. The van der Waals surface area contributed by atoms with Gasteiger partial charge in [-0.05, 0) is 36.6 Å². The molecule has 1 fully saturated rings.